The number of carbonyl (C=O) groups excluding carboxylic acids is 1. The first-order valence-electron chi connectivity index (χ1n) is 10.2. The van der Waals surface area contributed by atoms with Crippen molar-refractivity contribution in [3.8, 4) is 11.6 Å². The zero-order valence-corrected chi connectivity index (χ0v) is 17.2. The Morgan fingerprint density at radius 3 is 2.85 bits per heavy atom. The van der Waals surface area contributed by atoms with Crippen molar-refractivity contribution in [1.29, 1.82) is 0 Å². The van der Waals surface area contributed by atoms with Gasteiger partial charge in [-0.15, -0.1) is 0 Å². The highest BCUT2D eigenvalue weighted by Gasteiger charge is 2.30. The molecule has 1 aliphatic heterocycles. The molecule has 5 rings (SSSR count). The van der Waals surface area contributed by atoms with Crippen molar-refractivity contribution in [1.82, 2.24) is 19.9 Å². The quantitative estimate of drug-likeness (QED) is 0.458. The molecule has 0 bridgehead atoms. The summed E-state index contributed by atoms with van der Waals surface area (Å²) in [6.45, 7) is 1.48. The van der Waals surface area contributed by atoms with Crippen LogP contribution in [0.3, 0.4) is 0 Å². The molecule has 1 aliphatic rings. The van der Waals surface area contributed by atoms with Gasteiger partial charge in [0.05, 0.1) is 22.3 Å². The number of anilines is 1. The van der Waals surface area contributed by atoms with E-state index in [1.165, 1.54) is 23.0 Å². The van der Waals surface area contributed by atoms with Crippen LogP contribution < -0.4 is 15.4 Å². The number of nitrogens with one attached hydrogen (secondary N) is 2. The number of alkyl halides is 3. The molecule has 0 spiro atoms. The molecule has 168 valence electrons. The first-order valence-corrected chi connectivity index (χ1v) is 10.2. The van der Waals surface area contributed by atoms with E-state index in [1.807, 2.05) is 0 Å². The normalized spacial score (nSPS) is 13.5. The second-order valence-corrected chi connectivity index (χ2v) is 7.55. The minimum absolute atomic E-state index is 0.0544. The predicted molar refractivity (Wildman–Crippen MR) is 115 cm³/mol. The third-order valence-corrected chi connectivity index (χ3v) is 5.37. The van der Waals surface area contributed by atoms with Crippen LogP contribution >= 0.6 is 0 Å². The number of amides is 1. The maximum Gasteiger partial charge on any atom is 0.416 e. The molecule has 4 aromatic rings. The molecule has 0 radical (unpaired) electrons. The highest BCUT2D eigenvalue weighted by Crippen LogP contribution is 2.31. The van der Waals surface area contributed by atoms with E-state index in [9.17, 15) is 18.0 Å². The zero-order valence-electron chi connectivity index (χ0n) is 17.2. The molecule has 2 N–H and O–H groups in total. The molecule has 1 amide bonds. The smallest absolute Gasteiger partial charge is 0.416 e. The van der Waals surface area contributed by atoms with Gasteiger partial charge in [-0.05, 0) is 42.5 Å². The number of fused-ring (bicyclic) bond motifs is 2. The van der Waals surface area contributed by atoms with Crippen molar-refractivity contribution in [2.24, 2.45) is 0 Å². The van der Waals surface area contributed by atoms with Gasteiger partial charge in [0.25, 0.3) is 0 Å². The monoisotopic (exact) mass is 453 g/mol. The van der Waals surface area contributed by atoms with Crippen LogP contribution in [0.2, 0.25) is 0 Å². The molecular weight excluding hydrogens is 435 g/mol. The van der Waals surface area contributed by atoms with Gasteiger partial charge in [0.2, 0.25) is 5.88 Å². The molecule has 0 unspecified atom stereocenters. The maximum absolute atomic E-state index is 12.9. The summed E-state index contributed by atoms with van der Waals surface area (Å²) >= 11 is 0. The molecule has 0 saturated heterocycles. The molecule has 10 heteroatoms. The lowest BCUT2D eigenvalue weighted by Crippen LogP contribution is -2.25. The highest BCUT2D eigenvalue weighted by atomic mass is 19.4. The van der Waals surface area contributed by atoms with Gasteiger partial charge in [0.15, 0.2) is 0 Å². The van der Waals surface area contributed by atoms with Crippen LogP contribution in [0.25, 0.3) is 10.9 Å². The van der Waals surface area contributed by atoms with Gasteiger partial charge in [0, 0.05) is 36.8 Å². The van der Waals surface area contributed by atoms with Crippen LogP contribution in [-0.4, -0.2) is 27.1 Å². The average molecular weight is 453 g/mol. The molecule has 2 aromatic heterocycles. The topological polar surface area (TPSA) is 81.1 Å². The number of aromatic nitrogens is 3. The van der Waals surface area contributed by atoms with Gasteiger partial charge in [-0.25, -0.2) is 14.8 Å². The van der Waals surface area contributed by atoms with Gasteiger partial charge in [0.1, 0.15) is 12.1 Å². The third kappa shape index (κ3) is 4.24. The second kappa shape index (κ2) is 8.21. The van der Waals surface area contributed by atoms with E-state index in [2.05, 4.69) is 20.6 Å². The zero-order chi connectivity index (χ0) is 23.0. The van der Waals surface area contributed by atoms with Crippen molar-refractivity contribution in [2.45, 2.75) is 19.1 Å². The fourth-order valence-corrected chi connectivity index (χ4v) is 3.76. The minimum atomic E-state index is -4.49. The van der Waals surface area contributed by atoms with E-state index in [4.69, 9.17) is 4.74 Å². The number of ether oxygens (including phenoxy) is 1. The molecule has 7 nitrogen and oxygen atoms in total. The fraction of sp³-hybridized carbons (Fsp3) is 0.174. The Hall–Kier alpha value is -3.92. The first-order chi connectivity index (χ1) is 15.9. The SMILES string of the molecule is O=C(Nc1cccc(C(F)(F)F)c1)n1ccc2cc(Oc3ncnc4c3CNCC4)ccc21. The lowest BCUT2D eigenvalue weighted by atomic mass is 10.1. The Morgan fingerprint density at radius 2 is 2.00 bits per heavy atom. The predicted octanol–water partition coefficient (Wildman–Crippen LogP) is 4.97. The number of rotatable bonds is 3. The standard InChI is InChI=1S/C23H18F3N5O2/c24-23(25,26)15-2-1-3-16(11-15)30-22(32)31-9-7-14-10-17(4-5-20(14)31)33-21-18-12-27-8-6-19(18)28-13-29-21/h1-5,7,9-11,13,27H,6,8,12H2,(H,30,32). The molecule has 0 fully saturated rings. The number of hydrogen-bond donors (Lipinski definition) is 2. The van der Waals surface area contributed by atoms with Gasteiger partial charge >= 0.3 is 12.2 Å². The Morgan fingerprint density at radius 1 is 1.12 bits per heavy atom. The summed E-state index contributed by atoms with van der Waals surface area (Å²) in [7, 11) is 0. The van der Waals surface area contributed by atoms with Crippen molar-refractivity contribution in [3.63, 3.8) is 0 Å². The van der Waals surface area contributed by atoms with E-state index >= 15 is 0 Å². The average Bonchev–Trinajstić information content (AvgIpc) is 3.22. The van der Waals surface area contributed by atoms with Gasteiger partial charge in [-0.3, -0.25) is 4.57 Å². The highest BCUT2D eigenvalue weighted by molar-refractivity contribution is 5.98. The van der Waals surface area contributed by atoms with Crippen molar-refractivity contribution < 1.29 is 22.7 Å². The van der Waals surface area contributed by atoms with E-state index in [-0.39, 0.29) is 5.69 Å². The molecule has 3 heterocycles. The van der Waals surface area contributed by atoms with Crippen LogP contribution in [-0.2, 0) is 19.1 Å². The van der Waals surface area contributed by atoms with Crippen LogP contribution in [0, 0.1) is 0 Å². The van der Waals surface area contributed by atoms with Crippen LogP contribution in [0.15, 0.2) is 61.1 Å². The van der Waals surface area contributed by atoms with Crippen molar-refractivity contribution >= 4 is 22.6 Å². The number of halogens is 3. The Kier molecular flexibility index (Phi) is 5.21. The summed E-state index contributed by atoms with van der Waals surface area (Å²) in [5.74, 6) is 1.03. The van der Waals surface area contributed by atoms with Crippen molar-refractivity contribution in [3.05, 3.63) is 77.9 Å². The Bertz CT molecular complexity index is 1350. The van der Waals surface area contributed by atoms with Gasteiger partial charge in [-0.2, -0.15) is 13.2 Å². The van der Waals surface area contributed by atoms with E-state index in [0.29, 0.717) is 23.7 Å². The number of hydrogen-bond acceptors (Lipinski definition) is 5. The summed E-state index contributed by atoms with van der Waals surface area (Å²) < 4.78 is 46.1. The number of carbonyl (C=O) groups is 1. The summed E-state index contributed by atoms with van der Waals surface area (Å²) in [5, 5.41) is 6.51. The summed E-state index contributed by atoms with van der Waals surface area (Å²) in [5.41, 5.74) is 1.68. The lowest BCUT2D eigenvalue weighted by molar-refractivity contribution is -0.137. The number of benzene rings is 2. The van der Waals surface area contributed by atoms with Crippen molar-refractivity contribution in [2.75, 3.05) is 11.9 Å². The fourth-order valence-electron chi connectivity index (χ4n) is 3.76. The molecular formula is C23H18F3N5O2. The Labute approximate surface area is 186 Å². The number of nitrogens with zero attached hydrogens (tertiary/aromatic N) is 3. The van der Waals surface area contributed by atoms with E-state index in [1.54, 1.807) is 30.5 Å². The summed E-state index contributed by atoms with van der Waals surface area (Å²) in [6.07, 6.45) is -0.659. The second-order valence-electron chi connectivity index (χ2n) is 7.55. The van der Waals surface area contributed by atoms with E-state index in [0.717, 1.165) is 41.7 Å². The third-order valence-electron chi connectivity index (χ3n) is 5.37. The Balaban J connectivity index is 1.37. The maximum atomic E-state index is 12.9. The summed E-state index contributed by atoms with van der Waals surface area (Å²) in [6, 6.07) is 10.8. The molecule has 2 aromatic carbocycles. The first kappa shape index (κ1) is 21.0. The summed E-state index contributed by atoms with van der Waals surface area (Å²) in [4.78, 5) is 21.3. The molecule has 0 saturated carbocycles. The molecule has 0 atom stereocenters. The van der Waals surface area contributed by atoms with Crippen LogP contribution in [0.1, 0.15) is 16.8 Å². The van der Waals surface area contributed by atoms with Gasteiger partial charge in [-0.1, -0.05) is 6.07 Å². The van der Waals surface area contributed by atoms with Crippen LogP contribution in [0.4, 0.5) is 23.7 Å². The van der Waals surface area contributed by atoms with Gasteiger partial charge < -0.3 is 15.4 Å². The lowest BCUT2D eigenvalue weighted by Gasteiger charge is -2.18. The molecule has 33 heavy (non-hydrogen) atoms. The van der Waals surface area contributed by atoms with Crippen LogP contribution in [0.5, 0.6) is 11.6 Å². The largest absolute Gasteiger partial charge is 0.439 e. The van der Waals surface area contributed by atoms with E-state index < -0.39 is 17.8 Å². The minimum Gasteiger partial charge on any atom is -0.439 e. The molecule has 0 aliphatic carbocycles.